The number of hydrogen-bond donors (Lipinski definition) is 1. The van der Waals surface area contributed by atoms with Gasteiger partial charge in [-0.05, 0) is 54.1 Å². The van der Waals surface area contributed by atoms with Crippen molar-refractivity contribution < 1.29 is 19.1 Å². The predicted molar refractivity (Wildman–Crippen MR) is 147 cm³/mol. The highest BCUT2D eigenvalue weighted by molar-refractivity contribution is 5.94. The van der Waals surface area contributed by atoms with Crippen molar-refractivity contribution in [3.63, 3.8) is 0 Å². The molecule has 0 bridgehead atoms. The highest BCUT2D eigenvalue weighted by atomic mass is 16.5. The Hall–Kier alpha value is -4.59. The number of nitrogens with one attached hydrogen (secondary N) is 1. The molecule has 0 aliphatic rings. The third kappa shape index (κ3) is 6.39. The lowest BCUT2D eigenvalue weighted by molar-refractivity contribution is -0.138. The van der Waals surface area contributed by atoms with Crippen LogP contribution in [-0.2, 0) is 16.1 Å². The molecule has 1 N–H and O–H groups in total. The van der Waals surface area contributed by atoms with Gasteiger partial charge in [0.05, 0.1) is 19.9 Å². The van der Waals surface area contributed by atoms with Gasteiger partial charge in [0.2, 0.25) is 17.8 Å². The van der Waals surface area contributed by atoms with Crippen molar-refractivity contribution in [3.05, 3.63) is 90.6 Å². The van der Waals surface area contributed by atoms with Crippen LogP contribution in [-0.4, -0.2) is 47.0 Å². The number of methoxy groups -OCH3 is 2. The molecule has 4 rings (SSSR count). The molecule has 0 atom stereocenters. The maximum absolute atomic E-state index is 13.3. The molecule has 0 aliphatic heterocycles. The van der Waals surface area contributed by atoms with E-state index in [9.17, 15) is 9.59 Å². The minimum atomic E-state index is -0.337. The second kappa shape index (κ2) is 12.1. The zero-order valence-electron chi connectivity index (χ0n) is 22.0. The minimum Gasteiger partial charge on any atom is -0.497 e. The summed E-state index contributed by atoms with van der Waals surface area (Å²) in [7, 11) is 3.23. The van der Waals surface area contributed by atoms with Gasteiger partial charge < -0.3 is 14.4 Å². The lowest BCUT2D eigenvalue weighted by atomic mass is 10.1. The Morgan fingerprint density at radius 3 is 2.08 bits per heavy atom. The molecule has 0 aliphatic carbocycles. The second-order valence-corrected chi connectivity index (χ2v) is 9.13. The SMILES string of the molecule is COc1ccc(-c2cn(-c3ccc(OC)cc3)c(NC(=O)CN(Cc3ccccc3)C(=O)C(C)C)n2)cc1. The summed E-state index contributed by atoms with van der Waals surface area (Å²) >= 11 is 0. The number of nitrogens with zero attached hydrogens (tertiary/aromatic N) is 3. The maximum Gasteiger partial charge on any atom is 0.246 e. The molecule has 0 unspecified atom stereocenters. The molecule has 0 radical (unpaired) electrons. The van der Waals surface area contributed by atoms with Crippen molar-refractivity contribution in [3.8, 4) is 28.4 Å². The summed E-state index contributed by atoms with van der Waals surface area (Å²) in [6, 6.07) is 24.6. The number of rotatable bonds is 10. The molecule has 1 heterocycles. The van der Waals surface area contributed by atoms with E-state index in [0.29, 0.717) is 18.2 Å². The Morgan fingerprint density at radius 2 is 1.50 bits per heavy atom. The number of carbonyl (C=O) groups is 2. The van der Waals surface area contributed by atoms with E-state index in [1.165, 1.54) is 0 Å². The van der Waals surface area contributed by atoms with Crippen LogP contribution in [0.3, 0.4) is 0 Å². The summed E-state index contributed by atoms with van der Waals surface area (Å²) in [4.78, 5) is 32.5. The summed E-state index contributed by atoms with van der Waals surface area (Å²) in [5, 5.41) is 2.92. The fourth-order valence-electron chi connectivity index (χ4n) is 4.03. The van der Waals surface area contributed by atoms with Crippen LogP contribution in [0, 0.1) is 5.92 Å². The Morgan fingerprint density at radius 1 is 0.895 bits per heavy atom. The molecule has 8 nitrogen and oxygen atoms in total. The Labute approximate surface area is 222 Å². The van der Waals surface area contributed by atoms with Gasteiger partial charge in [0.25, 0.3) is 0 Å². The van der Waals surface area contributed by atoms with Crippen molar-refractivity contribution in [2.45, 2.75) is 20.4 Å². The summed E-state index contributed by atoms with van der Waals surface area (Å²) in [5.74, 6) is 1.14. The first kappa shape index (κ1) is 26.5. The molecule has 0 saturated carbocycles. The van der Waals surface area contributed by atoms with E-state index in [-0.39, 0.29) is 24.3 Å². The van der Waals surface area contributed by atoms with E-state index >= 15 is 0 Å². The van der Waals surface area contributed by atoms with Crippen LogP contribution in [0.15, 0.2) is 85.1 Å². The van der Waals surface area contributed by atoms with Gasteiger partial charge in [-0.2, -0.15) is 0 Å². The third-order valence-corrected chi connectivity index (χ3v) is 6.05. The summed E-state index contributed by atoms with van der Waals surface area (Å²) < 4.78 is 12.4. The van der Waals surface area contributed by atoms with E-state index in [1.807, 2.05) is 103 Å². The minimum absolute atomic E-state index is 0.0959. The lowest BCUT2D eigenvalue weighted by Crippen LogP contribution is -2.40. The molecule has 0 saturated heterocycles. The fourth-order valence-corrected chi connectivity index (χ4v) is 4.03. The van der Waals surface area contributed by atoms with Gasteiger partial charge in [-0.25, -0.2) is 4.98 Å². The first-order valence-corrected chi connectivity index (χ1v) is 12.4. The van der Waals surface area contributed by atoms with Gasteiger partial charge >= 0.3 is 0 Å². The van der Waals surface area contributed by atoms with E-state index in [4.69, 9.17) is 14.5 Å². The molecular formula is C30H32N4O4. The summed E-state index contributed by atoms with van der Waals surface area (Å²) in [5.41, 5.74) is 3.30. The first-order chi connectivity index (χ1) is 18.4. The number of anilines is 1. The molecule has 8 heteroatoms. The highest BCUT2D eigenvalue weighted by Crippen LogP contribution is 2.27. The maximum atomic E-state index is 13.3. The molecule has 38 heavy (non-hydrogen) atoms. The number of aromatic nitrogens is 2. The fraction of sp³-hybridized carbons (Fsp3) is 0.233. The summed E-state index contributed by atoms with van der Waals surface area (Å²) in [6.45, 7) is 3.90. The van der Waals surface area contributed by atoms with Gasteiger partial charge in [-0.1, -0.05) is 44.2 Å². The van der Waals surface area contributed by atoms with Crippen LogP contribution in [0.4, 0.5) is 5.95 Å². The van der Waals surface area contributed by atoms with Crippen LogP contribution >= 0.6 is 0 Å². The van der Waals surface area contributed by atoms with E-state index in [1.54, 1.807) is 19.1 Å². The Balaban J connectivity index is 1.62. The van der Waals surface area contributed by atoms with Gasteiger partial charge in [-0.3, -0.25) is 19.5 Å². The summed E-state index contributed by atoms with van der Waals surface area (Å²) in [6.07, 6.45) is 1.86. The van der Waals surface area contributed by atoms with Crippen molar-refractivity contribution in [2.24, 2.45) is 5.92 Å². The zero-order chi connectivity index (χ0) is 27.1. The third-order valence-electron chi connectivity index (χ3n) is 6.05. The van der Waals surface area contributed by atoms with Crippen LogP contribution in [0.2, 0.25) is 0 Å². The number of hydrogen-bond acceptors (Lipinski definition) is 5. The zero-order valence-corrected chi connectivity index (χ0v) is 22.0. The second-order valence-electron chi connectivity index (χ2n) is 9.13. The predicted octanol–water partition coefficient (Wildman–Crippen LogP) is 5.18. The normalized spacial score (nSPS) is 10.8. The Bertz CT molecular complexity index is 1360. The lowest BCUT2D eigenvalue weighted by Gasteiger charge is -2.24. The monoisotopic (exact) mass is 512 g/mol. The average Bonchev–Trinajstić information content (AvgIpc) is 3.36. The number of carbonyl (C=O) groups excluding carboxylic acids is 2. The van der Waals surface area contributed by atoms with E-state index in [0.717, 1.165) is 28.3 Å². The number of imidazole rings is 1. The average molecular weight is 513 g/mol. The highest BCUT2D eigenvalue weighted by Gasteiger charge is 2.22. The standard InChI is InChI=1S/C30H32N4O4/c1-21(2)29(36)33(18-22-8-6-5-7-9-22)20-28(35)32-30-31-27(23-10-14-25(37-3)15-11-23)19-34(30)24-12-16-26(38-4)17-13-24/h5-17,19,21H,18,20H2,1-4H3,(H,31,32,35). The van der Waals surface area contributed by atoms with Gasteiger partial charge in [0.15, 0.2) is 0 Å². The largest absolute Gasteiger partial charge is 0.497 e. The van der Waals surface area contributed by atoms with Crippen LogP contribution in [0.5, 0.6) is 11.5 Å². The van der Waals surface area contributed by atoms with Crippen molar-refractivity contribution >= 4 is 17.8 Å². The van der Waals surface area contributed by atoms with E-state index < -0.39 is 0 Å². The van der Waals surface area contributed by atoms with Crippen molar-refractivity contribution in [2.75, 3.05) is 26.1 Å². The molecule has 0 spiro atoms. The number of amides is 2. The van der Waals surface area contributed by atoms with Crippen molar-refractivity contribution in [1.29, 1.82) is 0 Å². The molecule has 3 aromatic carbocycles. The number of benzene rings is 3. The molecule has 1 aromatic heterocycles. The van der Waals surface area contributed by atoms with Crippen LogP contribution in [0.25, 0.3) is 16.9 Å². The molecule has 2 amide bonds. The molecular weight excluding hydrogens is 480 g/mol. The topological polar surface area (TPSA) is 85.7 Å². The smallest absolute Gasteiger partial charge is 0.246 e. The quantitative estimate of drug-likeness (QED) is 0.317. The van der Waals surface area contributed by atoms with Gasteiger partial charge in [-0.15, -0.1) is 0 Å². The van der Waals surface area contributed by atoms with Crippen molar-refractivity contribution in [1.82, 2.24) is 14.5 Å². The van der Waals surface area contributed by atoms with Crippen LogP contribution < -0.4 is 14.8 Å². The molecule has 4 aromatic rings. The van der Waals surface area contributed by atoms with Gasteiger partial charge in [0.1, 0.15) is 18.0 Å². The Kier molecular flexibility index (Phi) is 8.43. The molecule has 196 valence electrons. The first-order valence-electron chi connectivity index (χ1n) is 12.4. The van der Waals surface area contributed by atoms with Crippen LogP contribution in [0.1, 0.15) is 19.4 Å². The van der Waals surface area contributed by atoms with E-state index in [2.05, 4.69) is 5.32 Å². The number of ether oxygens (including phenoxy) is 2. The molecule has 0 fully saturated rings. The van der Waals surface area contributed by atoms with Gasteiger partial charge in [0, 0.05) is 29.9 Å².